The molecule has 0 radical (unpaired) electrons. The Hall–Kier alpha value is -4.07. The quantitative estimate of drug-likeness (QED) is 0.319. The molecule has 1 saturated carbocycles. The molecule has 0 saturated heterocycles. The molecule has 1 heterocycles. The second-order valence-corrected chi connectivity index (χ2v) is 11.5. The van der Waals surface area contributed by atoms with Crippen LogP contribution in [0.15, 0.2) is 66.7 Å². The molecule has 0 unspecified atom stereocenters. The number of methoxy groups -OCH3 is 1. The molecule has 8 nitrogen and oxygen atoms in total. The van der Waals surface area contributed by atoms with Crippen LogP contribution >= 0.6 is 0 Å². The van der Waals surface area contributed by atoms with Crippen LogP contribution in [0.3, 0.4) is 0 Å². The van der Waals surface area contributed by atoms with E-state index < -0.39 is 11.6 Å². The molecule has 1 aliphatic carbocycles. The normalized spacial score (nSPS) is 16.9. The van der Waals surface area contributed by atoms with E-state index in [1.807, 2.05) is 51.1 Å². The second-order valence-electron chi connectivity index (χ2n) is 11.5. The van der Waals surface area contributed by atoms with E-state index in [1.54, 1.807) is 12.1 Å². The van der Waals surface area contributed by atoms with Gasteiger partial charge in [-0.05, 0) is 68.3 Å². The van der Waals surface area contributed by atoms with Gasteiger partial charge in [-0.2, -0.15) is 0 Å². The second kappa shape index (κ2) is 12.0. The summed E-state index contributed by atoms with van der Waals surface area (Å²) in [6.07, 6.45) is 1.20. The Morgan fingerprint density at radius 2 is 1.48 bits per heavy atom. The van der Waals surface area contributed by atoms with E-state index >= 15 is 0 Å². The molecule has 0 atom stereocenters. The summed E-state index contributed by atoms with van der Waals surface area (Å²) >= 11 is 0. The fourth-order valence-corrected chi connectivity index (χ4v) is 4.47. The molecule has 0 bridgehead atoms. The van der Waals surface area contributed by atoms with Gasteiger partial charge in [0.15, 0.2) is 0 Å². The van der Waals surface area contributed by atoms with Crippen LogP contribution in [0.25, 0.3) is 0 Å². The van der Waals surface area contributed by atoms with Crippen LogP contribution in [0.4, 0.5) is 4.79 Å². The number of esters is 1. The highest BCUT2D eigenvalue weighted by molar-refractivity contribution is 5.87. The number of hydrogen-bond donors (Lipinski definition) is 1. The smallest absolute Gasteiger partial charge is 0.407 e. The Morgan fingerprint density at radius 3 is 2.05 bits per heavy atom. The lowest BCUT2D eigenvalue weighted by atomic mass is 9.78. The molecule has 4 rings (SSSR count). The first-order valence-electron chi connectivity index (χ1n) is 13.5. The number of aromatic nitrogens is 1. The zero-order valence-electron chi connectivity index (χ0n) is 24.0. The lowest BCUT2D eigenvalue weighted by Gasteiger charge is -2.36. The number of nitrogens with one attached hydrogen (secondary N) is 1. The third-order valence-electron chi connectivity index (χ3n) is 6.86. The van der Waals surface area contributed by atoms with E-state index in [0.29, 0.717) is 11.4 Å². The van der Waals surface area contributed by atoms with Crippen molar-refractivity contribution in [2.75, 3.05) is 7.11 Å². The Labute approximate surface area is 236 Å². The Bertz CT molecular complexity index is 1310. The van der Waals surface area contributed by atoms with Gasteiger partial charge in [0.1, 0.15) is 35.5 Å². The van der Waals surface area contributed by atoms with Gasteiger partial charge in [0.2, 0.25) is 0 Å². The summed E-state index contributed by atoms with van der Waals surface area (Å²) in [6.45, 7) is 10.2. The van der Waals surface area contributed by atoms with Gasteiger partial charge in [0.05, 0.1) is 12.8 Å². The van der Waals surface area contributed by atoms with Gasteiger partial charge in [0.25, 0.3) is 0 Å². The molecule has 40 heavy (non-hydrogen) atoms. The number of benzene rings is 2. The van der Waals surface area contributed by atoms with Crippen molar-refractivity contribution < 1.29 is 28.5 Å². The van der Waals surface area contributed by atoms with Gasteiger partial charge in [-0.3, -0.25) is 0 Å². The minimum atomic E-state index is -0.506. The van der Waals surface area contributed by atoms with Crippen LogP contribution in [0.5, 0.6) is 11.5 Å². The largest absolute Gasteiger partial charge is 0.490 e. The topological polar surface area (TPSA) is 96.0 Å². The highest BCUT2D eigenvalue weighted by Crippen LogP contribution is 2.34. The van der Waals surface area contributed by atoms with Crippen molar-refractivity contribution in [3.8, 4) is 11.5 Å². The van der Waals surface area contributed by atoms with Crippen molar-refractivity contribution in [2.45, 2.75) is 77.2 Å². The van der Waals surface area contributed by atoms with Crippen LogP contribution in [-0.2, 0) is 21.5 Å². The maximum atomic E-state index is 11.9. The van der Waals surface area contributed by atoms with Crippen molar-refractivity contribution in [1.29, 1.82) is 0 Å². The van der Waals surface area contributed by atoms with Crippen LogP contribution < -0.4 is 14.8 Å². The van der Waals surface area contributed by atoms with E-state index in [0.717, 1.165) is 29.7 Å². The molecule has 1 fully saturated rings. The molecule has 212 valence electrons. The van der Waals surface area contributed by atoms with Crippen molar-refractivity contribution in [3.63, 3.8) is 0 Å². The number of ether oxygens (including phenoxy) is 4. The third kappa shape index (κ3) is 7.52. The van der Waals surface area contributed by atoms with E-state index in [9.17, 15) is 9.59 Å². The van der Waals surface area contributed by atoms with Gasteiger partial charge >= 0.3 is 12.1 Å². The minimum Gasteiger partial charge on any atom is -0.490 e. The molecule has 0 aliphatic heterocycles. The molecule has 1 aromatic heterocycles. The van der Waals surface area contributed by atoms with Crippen LogP contribution in [0, 0.1) is 0 Å². The molecule has 3 aromatic rings. The highest BCUT2D eigenvalue weighted by atomic mass is 16.6. The number of carbonyl (C=O) groups excluding carboxylic acids is 2. The number of carbonyl (C=O) groups is 2. The predicted octanol–water partition coefficient (Wildman–Crippen LogP) is 6.21. The Morgan fingerprint density at radius 1 is 0.875 bits per heavy atom. The van der Waals surface area contributed by atoms with E-state index in [1.165, 1.54) is 7.11 Å². The first-order valence-corrected chi connectivity index (χ1v) is 13.5. The zero-order chi connectivity index (χ0) is 28.9. The minimum absolute atomic E-state index is 0.0736. The van der Waals surface area contributed by atoms with Gasteiger partial charge < -0.3 is 24.3 Å². The summed E-state index contributed by atoms with van der Waals surface area (Å²) in [7, 11) is 1.33. The van der Waals surface area contributed by atoms with Crippen molar-refractivity contribution in [3.05, 3.63) is 89.2 Å². The van der Waals surface area contributed by atoms with E-state index in [2.05, 4.69) is 48.4 Å². The van der Waals surface area contributed by atoms with Gasteiger partial charge in [-0.15, -0.1) is 0 Å². The Kier molecular flexibility index (Phi) is 8.67. The number of nitrogens with zero attached hydrogens (tertiary/aromatic N) is 1. The van der Waals surface area contributed by atoms with Crippen LogP contribution in [0.1, 0.15) is 74.8 Å². The molecule has 1 amide bonds. The van der Waals surface area contributed by atoms with E-state index in [-0.39, 0.29) is 36.0 Å². The number of hydrogen-bond acceptors (Lipinski definition) is 7. The number of alkyl carbamates (subject to hydrolysis) is 1. The monoisotopic (exact) mass is 546 g/mol. The SMILES string of the molecule is COC(=O)c1cccc(COc2ccc(C(C)(C)c3ccc(OC4CC(NC(=O)OC(C)(C)C)C4)cc3)cc2)n1. The van der Waals surface area contributed by atoms with Crippen molar-refractivity contribution in [1.82, 2.24) is 10.3 Å². The molecule has 0 spiro atoms. The molecule has 8 heteroatoms. The van der Waals surface area contributed by atoms with Gasteiger partial charge in [-0.25, -0.2) is 14.6 Å². The summed E-state index contributed by atoms with van der Waals surface area (Å²) < 4.78 is 22.0. The van der Waals surface area contributed by atoms with Gasteiger partial charge in [-0.1, -0.05) is 44.2 Å². The maximum Gasteiger partial charge on any atom is 0.407 e. The first-order chi connectivity index (χ1) is 18.9. The number of rotatable bonds is 9. The molecular formula is C32H38N2O6. The van der Waals surface area contributed by atoms with Crippen molar-refractivity contribution >= 4 is 12.1 Å². The average Bonchev–Trinajstić information content (AvgIpc) is 2.90. The van der Waals surface area contributed by atoms with E-state index in [4.69, 9.17) is 18.9 Å². The first kappa shape index (κ1) is 28.9. The molecule has 1 N–H and O–H groups in total. The highest BCUT2D eigenvalue weighted by Gasteiger charge is 2.33. The maximum absolute atomic E-state index is 11.9. The number of amides is 1. The molecular weight excluding hydrogens is 508 g/mol. The standard InChI is InChI=1S/C32H38N2O6/c1-31(2,3)40-30(36)34-24-18-27(19-24)39-26-16-12-22(13-17-26)32(4,5)21-10-14-25(15-11-21)38-20-23-8-7-9-28(33-23)29(35)37-6/h7-17,24,27H,18-20H2,1-6H3,(H,34,36). The summed E-state index contributed by atoms with van der Waals surface area (Å²) in [5.41, 5.74) is 2.47. The lowest BCUT2D eigenvalue weighted by Crippen LogP contribution is -2.50. The van der Waals surface area contributed by atoms with Crippen LogP contribution in [-0.4, -0.2) is 41.9 Å². The zero-order valence-corrected chi connectivity index (χ0v) is 24.0. The third-order valence-corrected chi connectivity index (χ3v) is 6.86. The lowest BCUT2D eigenvalue weighted by molar-refractivity contribution is 0.0362. The molecule has 2 aromatic carbocycles. The van der Waals surface area contributed by atoms with Crippen molar-refractivity contribution in [2.24, 2.45) is 0 Å². The summed E-state index contributed by atoms with van der Waals surface area (Å²) in [6, 6.07) is 21.4. The fourth-order valence-electron chi connectivity index (χ4n) is 4.47. The predicted molar refractivity (Wildman–Crippen MR) is 152 cm³/mol. The summed E-state index contributed by atoms with van der Waals surface area (Å²) in [5.74, 6) is 1.06. The summed E-state index contributed by atoms with van der Waals surface area (Å²) in [5, 5.41) is 2.89. The average molecular weight is 547 g/mol. The Balaban J connectivity index is 1.28. The fraction of sp³-hybridized carbons (Fsp3) is 0.406. The van der Waals surface area contributed by atoms with Crippen LogP contribution in [0.2, 0.25) is 0 Å². The van der Waals surface area contributed by atoms with Gasteiger partial charge in [0, 0.05) is 24.3 Å². The number of pyridine rings is 1. The molecule has 1 aliphatic rings. The summed E-state index contributed by atoms with van der Waals surface area (Å²) in [4.78, 5) is 27.9.